The van der Waals surface area contributed by atoms with Gasteiger partial charge in [0.15, 0.2) is 0 Å². The third-order valence-corrected chi connectivity index (χ3v) is 4.47. The average molecular weight is 316 g/mol. The second kappa shape index (κ2) is 7.16. The van der Waals surface area contributed by atoms with Crippen LogP contribution in [0, 0.1) is 12.3 Å². The Morgan fingerprint density at radius 3 is 2.61 bits per heavy atom. The molecule has 0 radical (unpaired) electrons. The molecule has 1 aliphatic rings. The molecule has 0 aliphatic carbocycles. The van der Waals surface area contributed by atoms with Crippen molar-refractivity contribution in [2.45, 2.75) is 46.5 Å². The SMILES string of the molecule is Cc1ccccc1[C@H]1CCN(C(=O)CCNC(=O)C(C)(C)C)C1. The summed E-state index contributed by atoms with van der Waals surface area (Å²) < 4.78 is 0. The Labute approximate surface area is 139 Å². The van der Waals surface area contributed by atoms with Crippen LogP contribution in [0.2, 0.25) is 0 Å². The van der Waals surface area contributed by atoms with E-state index in [9.17, 15) is 9.59 Å². The Balaban J connectivity index is 1.81. The van der Waals surface area contributed by atoms with Crippen LogP contribution in [0.4, 0.5) is 0 Å². The van der Waals surface area contributed by atoms with Crippen LogP contribution in [0.15, 0.2) is 24.3 Å². The van der Waals surface area contributed by atoms with E-state index in [1.165, 1.54) is 11.1 Å². The van der Waals surface area contributed by atoms with Gasteiger partial charge in [0.25, 0.3) is 0 Å². The van der Waals surface area contributed by atoms with Crippen molar-refractivity contribution in [3.05, 3.63) is 35.4 Å². The number of benzene rings is 1. The Hall–Kier alpha value is -1.84. The molecule has 0 bridgehead atoms. The van der Waals surface area contributed by atoms with Crippen LogP contribution in [-0.4, -0.2) is 36.3 Å². The van der Waals surface area contributed by atoms with Crippen molar-refractivity contribution in [1.82, 2.24) is 10.2 Å². The summed E-state index contributed by atoms with van der Waals surface area (Å²) in [6.45, 7) is 9.76. The van der Waals surface area contributed by atoms with E-state index in [0.717, 1.165) is 19.5 Å². The number of carbonyl (C=O) groups is 2. The molecule has 2 rings (SSSR count). The van der Waals surface area contributed by atoms with Gasteiger partial charge in [-0.1, -0.05) is 45.0 Å². The van der Waals surface area contributed by atoms with E-state index >= 15 is 0 Å². The highest BCUT2D eigenvalue weighted by Crippen LogP contribution is 2.29. The number of hydrogen-bond donors (Lipinski definition) is 1. The van der Waals surface area contributed by atoms with E-state index < -0.39 is 5.41 Å². The molecule has 1 atom stereocenters. The van der Waals surface area contributed by atoms with Crippen molar-refractivity contribution in [3.8, 4) is 0 Å². The van der Waals surface area contributed by atoms with Gasteiger partial charge in [-0.2, -0.15) is 0 Å². The summed E-state index contributed by atoms with van der Waals surface area (Å²) in [6, 6.07) is 8.41. The molecule has 0 aromatic heterocycles. The number of likely N-dealkylation sites (tertiary alicyclic amines) is 1. The van der Waals surface area contributed by atoms with Crippen LogP contribution in [0.1, 0.15) is 50.7 Å². The van der Waals surface area contributed by atoms with Crippen LogP contribution in [-0.2, 0) is 9.59 Å². The van der Waals surface area contributed by atoms with Gasteiger partial charge in [-0.25, -0.2) is 0 Å². The molecule has 1 N–H and O–H groups in total. The van der Waals surface area contributed by atoms with Gasteiger partial charge in [0.2, 0.25) is 11.8 Å². The minimum absolute atomic E-state index is 0.00971. The van der Waals surface area contributed by atoms with Gasteiger partial charge in [-0.15, -0.1) is 0 Å². The summed E-state index contributed by atoms with van der Waals surface area (Å²) in [6.07, 6.45) is 1.40. The van der Waals surface area contributed by atoms with Crippen LogP contribution in [0.5, 0.6) is 0 Å². The quantitative estimate of drug-likeness (QED) is 0.928. The molecule has 4 heteroatoms. The zero-order chi connectivity index (χ0) is 17.0. The fourth-order valence-corrected chi connectivity index (χ4v) is 2.99. The number of nitrogens with one attached hydrogen (secondary N) is 1. The van der Waals surface area contributed by atoms with Gasteiger partial charge < -0.3 is 10.2 Å². The maximum atomic E-state index is 12.3. The molecule has 1 saturated heterocycles. The van der Waals surface area contributed by atoms with E-state index in [4.69, 9.17) is 0 Å². The Morgan fingerprint density at radius 1 is 1.26 bits per heavy atom. The average Bonchev–Trinajstić information content (AvgIpc) is 2.96. The molecule has 2 amide bonds. The lowest BCUT2D eigenvalue weighted by Gasteiger charge is -2.20. The number of amides is 2. The van der Waals surface area contributed by atoms with E-state index in [1.807, 2.05) is 25.7 Å². The highest BCUT2D eigenvalue weighted by Gasteiger charge is 2.28. The van der Waals surface area contributed by atoms with Gasteiger partial charge in [-0.05, 0) is 24.5 Å². The predicted octanol–water partition coefficient (Wildman–Crippen LogP) is 2.86. The van der Waals surface area contributed by atoms with Crippen LogP contribution in [0.25, 0.3) is 0 Å². The minimum Gasteiger partial charge on any atom is -0.355 e. The molecule has 1 aromatic carbocycles. The normalized spacial score (nSPS) is 18.1. The maximum Gasteiger partial charge on any atom is 0.225 e. The lowest BCUT2D eigenvalue weighted by Crippen LogP contribution is -2.38. The minimum atomic E-state index is -0.410. The van der Waals surface area contributed by atoms with E-state index in [-0.39, 0.29) is 11.8 Å². The second-order valence-electron chi connectivity index (χ2n) is 7.44. The first-order chi connectivity index (χ1) is 10.8. The molecule has 23 heavy (non-hydrogen) atoms. The standard InChI is InChI=1S/C19H28N2O2/c1-14-7-5-6-8-16(14)15-10-12-21(13-15)17(22)9-11-20-18(23)19(2,3)4/h5-8,15H,9-13H2,1-4H3,(H,20,23)/t15-/m0/s1. The van der Waals surface area contributed by atoms with Crippen molar-refractivity contribution in [1.29, 1.82) is 0 Å². The van der Waals surface area contributed by atoms with Gasteiger partial charge in [0.05, 0.1) is 0 Å². The van der Waals surface area contributed by atoms with Crippen LogP contribution in [0.3, 0.4) is 0 Å². The zero-order valence-electron chi connectivity index (χ0n) is 14.7. The molecule has 0 spiro atoms. The fraction of sp³-hybridized carbons (Fsp3) is 0.579. The van der Waals surface area contributed by atoms with Crippen LogP contribution < -0.4 is 5.32 Å². The number of rotatable bonds is 4. The van der Waals surface area contributed by atoms with Gasteiger partial charge in [0.1, 0.15) is 0 Å². The lowest BCUT2D eigenvalue weighted by molar-refractivity contribution is -0.131. The Kier molecular flexibility index (Phi) is 5.45. The Morgan fingerprint density at radius 2 is 1.96 bits per heavy atom. The summed E-state index contributed by atoms with van der Waals surface area (Å²) in [5, 5.41) is 2.84. The third-order valence-electron chi connectivity index (χ3n) is 4.47. The predicted molar refractivity (Wildman–Crippen MR) is 92.2 cm³/mol. The first-order valence-corrected chi connectivity index (χ1v) is 8.40. The van der Waals surface area contributed by atoms with Crippen molar-refractivity contribution in [3.63, 3.8) is 0 Å². The van der Waals surface area contributed by atoms with Gasteiger partial charge >= 0.3 is 0 Å². The maximum absolute atomic E-state index is 12.3. The highest BCUT2D eigenvalue weighted by atomic mass is 16.2. The van der Waals surface area contributed by atoms with Gasteiger partial charge in [0, 0.05) is 37.4 Å². The summed E-state index contributed by atoms with van der Waals surface area (Å²) >= 11 is 0. The van der Waals surface area contributed by atoms with Crippen LogP contribution >= 0.6 is 0 Å². The summed E-state index contributed by atoms with van der Waals surface area (Å²) in [5.41, 5.74) is 2.24. The first kappa shape index (κ1) is 17.5. The first-order valence-electron chi connectivity index (χ1n) is 8.40. The number of nitrogens with zero attached hydrogens (tertiary/aromatic N) is 1. The smallest absolute Gasteiger partial charge is 0.225 e. The van der Waals surface area contributed by atoms with Gasteiger partial charge in [-0.3, -0.25) is 9.59 Å². The lowest BCUT2D eigenvalue weighted by atomic mass is 9.94. The van der Waals surface area contributed by atoms with Crippen molar-refractivity contribution < 1.29 is 9.59 Å². The summed E-state index contributed by atoms with van der Waals surface area (Å²) in [4.78, 5) is 26.0. The summed E-state index contributed by atoms with van der Waals surface area (Å²) in [5.74, 6) is 0.559. The molecule has 1 aromatic rings. The zero-order valence-corrected chi connectivity index (χ0v) is 14.7. The fourth-order valence-electron chi connectivity index (χ4n) is 2.99. The van der Waals surface area contributed by atoms with E-state index in [2.05, 4.69) is 36.5 Å². The van der Waals surface area contributed by atoms with E-state index in [0.29, 0.717) is 18.9 Å². The topological polar surface area (TPSA) is 49.4 Å². The molecule has 126 valence electrons. The number of aryl methyl sites for hydroxylation is 1. The van der Waals surface area contributed by atoms with E-state index in [1.54, 1.807) is 0 Å². The molecule has 4 nitrogen and oxygen atoms in total. The Bertz CT molecular complexity index is 575. The van der Waals surface area contributed by atoms with Crippen molar-refractivity contribution >= 4 is 11.8 Å². The molecular weight excluding hydrogens is 288 g/mol. The second-order valence-corrected chi connectivity index (χ2v) is 7.44. The molecule has 0 unspecified atom stereocenters. The largest absolute Gasteiger partial charge is 0.355 e. The van der Waals surface area contributed by atoms with Crippen molar-refractivity contribution in [2.24, 2.45) is 5.41 Å². The number of carbonyl (C=O) groups excluding carboxylic acids is 2. The molecule has 1 heterocycles. The highest BCUT2D eigenvalue weighted by molar-refractivity contribution is 5.82. The monoisotopic (exact) mass is 316 g/mol. The number of hydrogen-bond acceptors (Lipinski definition) is 2. The molecule has 0 saturated carbocycles. The molecular formula is C19H28N2O2. The molecule has 1 fully saturated rings. The molecule has 1 aliphatic heterocycles. The third kappa shape index (κ3) is 4.57. The van der Waals surface area contributed by atoms with Crippen molar-refractivity contribution in [2.75, 3.05) is 19.6 Å². The summed E-state index contributed by atoms with van der Waals surface area (Å²) in [7, 11) is 0.